The topological polar surface area (TPSA) is 67.3 Å². The Balaban J connectivity index is 1.93. The highest BCUT2D eigenvalue weighted by Gasteiger charge is 2.36. The monoisotopic (exact) mass is 330 g/mol. The second-order valence-corrected chi connectivity index (χ2v) is 7.53. The highest BCUT2D eigenvalue weighted by Crippen LogP contribution is 2.36. The summed E-state index contributed by atoms with van der Waals surface area (Å²) in [6.07, 6.45) is 4.99. The summed E-state index contributed by atoms with van der Waals surface area (Å²) in [5.74, 6) is -0.0789. The Hall–Kier alpha value is -2.05. The van der Waals surface area contributed by atoms with Gasteiger partial charge in [0.2, 0.25) is 10.0 Å². The van der Waals surface area contributed by atoms with Crippen molar-refractivity contribution in [2.24, 2.45) is 0 Å². The van der Waals surface area contributed by atoms with E-state index in [1.807, 2.05) is 12.1 Å². The molecule has 120 valence electrons. The lowest BCUT2D eigenvalue weighted by molar-refractivity contribution is 0.101. The molecule has 0 amide bonds. The molecule has 0 N–H and O–H groups in total. The maximum absolute atomic E-state index is 12.9. The number of hydrogen-bond donors (Lipinski definition) is 0. The first-order chi connectivity index (χ1) is 11.0. The van der Waals surface area contributed by atoms with E-state index in [0.29, 0.717) is 12.1 Å². The number of pyridine rings is 1. The average Bonchev–Trinajstić information content (AvgIpc) is 3.06. The molecule has 2 aromatic rings. The van der Waals surface area contributed by atoms with Crippen LogP contribution in [0.4, 0.5) is 0 Å². The van der Waals surface area contributed by atoms with Gasteiger partial charge in [-0.1, -0.05) is 12.1 Å². The number of ketones is 1. The quantitative estimate of drug-likeness (QED) is 0.809. The van der Waals surface area contributed by atoms with Gasteiger partial charge in [-0.3, -0.25) is 9.78 Å². The van der Waals surface area contributed by atoms with Gasteiger partial charge in [0, 0.05) is 24.5 Å². The number of nitrogens with zero attached hydrogens (tertiary/aromatic N) is 2. The van der Waals surface area contributed by atoms with Crippen LogP contribution in [0.25, 0.3) is 0 Å². The molecule has 0 saturated carbocycles. The van der Waals surface area contributed by atoms with E-state index in [1.54, 1.807) is 28.8 Å². The zero-order chi connectivity index (χ0) is 16.4. The van der Waals surface area contributed by atoms with Crippen molar-refractivity contribution in [1.82, 2.24) is 9.29 Å². The Morgan fingerprint density at radius 3 is 2.39 bits per heavy atom. The summed E-state index contributed by atoms with van der Waals surface area (Å²) in [6.45, 7) is 1.97. The lowest BCUT2D eigenvalue weighted by atomic mass is 10.1. The minimum absolute atomic E-state index is 0.0789. The van der Waals surface area contributed by atoms with Crippen LogP contribution >= 0.6 is 0 Å². The van der Waals surface area contributed by atoms with Gasteiger partial charge in [-0.2, -0.15) is 4.31 Å². The number of carbonyl (C=O) groups excluding carboxylic acids is 1. The standard InChI is InChI=1S/C17H18N2O3S/c1-13(20)14-4-6-16(7-5-14)23(21,22)19-12-2-3-17(19)15-8-10-18-11-9-15/h4-11,17H,2-3,12H2,1H3. The zero-order valence-corrected chi connectivity index (χ0v) is 13.7. The fourth-order valence-electron chi connectivity index (χ4n) is 2.94. The predicted octanol–water partition coefficient (Wildman–Crippen LogP) is 2.81. The Morgan fingerprint density at radius 2 is 1.78 bits per heavy atom. The Morgan fingerprint density at radius 1 is 1.13 bits per heavy atom. The third-order valence-electron chi connectivity index (χ3n) is 4.16. The van der Waals surface area contributed by atoms with E-state index in [2.05, 4.69) is 4.98 Å². The van der Waals surface area contributed by atoms with E-state index < -0.39 is 10.0 Å². The van der Waals surface area contributed by atoms with E-state index >= 15 is 0 Å². The Labute approximate surface area is 136 Å². The Bertz CT molecular complexity index is 801. The largest absolute Gasteiger partial charge is 0.295 e. The van der Waals surface area contributed by atoms with Crippen molar-refractivity contribution in [2.75, 3.05) is 6.54 Å². The van der Waals surface area contributed by atoms with E-state index in [-0.39, 0.29) is 16.7 Å². The van der Waals surface area contributed by atoms with Crippen molar-refractivity contribution in [3.63, 3.8) is 0 Å². The van der Waals surface area contributed by atoms with Crippen LogP contribution in [0.3, 0.4) is 0 Å². The number of hydrogen-bond acceptors (Lipinski definition) is 4. The maximum Gasteiger partial charge on any atom is 0.243 e. The molecule has 1 atom stereocenters. The molecule has 3 rings (SSSR count). The van der Waals surface area contributed by atoms with Crippen LogP contribution in [-0.2, 0) is 10.0 Å². The van der Waals surface area contributed by atoms with Crippen molar-refractivity contribution in [1.29, 1.82) is 0 Å². The lowest BCUT2D eigenvalue weighted by Crippen LogP contribution is -2.30. The third kappa shape index (κ3) is 3.04. The van der Waals surface area contributed by atoms with Gasteiger partial charge in [0.1, 0.15) is 0 Å². The summed E-state index contributed by atoms with van der Waals surface area (Å²) in [6, 6.07) is 9.70. The molecule has 1 aliphatic heterocycles. The smallest absolute Gasteiger partial charge is 0.243 e. The summed E-state index contributed by atoms with van der Waals surface area (Å²) in [5.41, 5.74) is 1.47. The molecule has 1 aliphatic rings. The second kappa shape index (κ2) is 6.22. The molecule has 1 unspecified atom stereocenters. The fraction of sp³-hybridized carbons (Fsp3) is 0.294. The van der Waals surface area contributed by atoms with E-state index in [0.717, 1.165) is 18.4 Å². The summed E-state index contributed by atoms with van der Waals surface area (Å²) >= 11 is 0. The van der Waals surface area contributed by atoms with Crippen LogP contribution in [0.2, 0.25) is 0 Å². The number of aromatic nitrogens is 1. The molecule has 5 nitrogen and oxygen atoms in total. The predicted molar refractivity (Wildman–Crippen MR) is 86.6 cm³/mol. The number of Topliss-reactive ketones (excluding diaryl/α,β-unsaturated/α-hetero) is 1. The number of benzene rings is 1. The van der Waals surface area contributed by atoms with Crippen molar-refractivity contribution >= 4 is 15.8 Å². The van der Waals surface area contributed by atoms with Crippen LogP contribution in [0, 0.1) is 0 Å². The summed E-state index contributed by atoms with van der Waals surface area (Å²) < 4.78 is 27.4. The second-order valence-electron chi connectivity index (χ2n) is 5.63. The number of sulfonamides is 1. The highest BCUT2D eigenvalue weighted by molar-refractivity contribution is 7.89. The molecule has 23 heavy (non-hydrogen) atoms. The molecular weight excluding hydrogens is 312 g/mol. The van der Waals surface area contributed by atoms with Crippen molar-refractivity contribution < 1.29 is 13.2 Å². The molecule has 1 aromatic heterocycles. The fourth-order valence-corrected chi connectivity index (χ4v) is 4.63. The van der Waals surface area contributed by atoms with Crippen LogP contribution < -0.4 is 0 Å². The molecule has 2 heterocycles. The minimum Gasteiger partial charge on any atom is -0.295 e. The average molecular weight is 330 g/mol. The van der Waals surface area contributed by atoms with Gasteiger partial charge >= 0.3 is 0 Å². The van der Waals surface area contributed by atoms with Crippen molar-refractivity contribution in [3.8, 4) is 0 Å². The van der Waals surface area contributed by atoms with Gasteiger partial charge in [0.05, 0.1) is 10.9 Å². The lowest BCUT2D eigenvalue weighted by Gasteiger charge is -2.24. The molecule has 0 spiro atoms. The molecule has 6 heteroatoms. The summed E-state index contributed by atoms with van der Waals surface area (Å²) in [4.78, 5) is 15.5. The molecule has 1 fully saturated rings. The van der Waals surface area contributed by atoms with Crippen molar-refractivity contribution in [2.45, 2.75) is 30.7 Å². The van der Waals surface area contributed by atoms with Gasteiger partial charge in [-0.15, -0.1) is 0 Å². The van der Waals surface area contributed by atoms with Crippen LogP contribution in [0.5, 0.6) is 0 Å². The van der Waals surface area contributed by atoms with Gasteiger partial charge < -0.3 is 0 Å². The molecule has 0 radical (unpaired) electrons. The van der Waals surface area contributed by atoms with Gasteiger partial charge in [-0.05, 0) is 49.6 Å². The first-order valence-electron chi connectivity index (χ1n) is 7.53. The third-order valence-corrected chi connectivity index (χ3v) is 6.08. The zero-order valence-electron chi connectivity index (χ0n) is 12.8. The number of carbonyl (C=O) groups is 1. The first kappa shape index (κ1) is 15.8. The van der Waals surface area contributed by atoms with E-state index in [9.17, 15) is 13.2 Å². The van der Waals surface area contributed by atoms with Crippen LogP contribution in [0.15, 0.2) is 53.7 Å². The van der Waals surface area contributed by atoms with E-state index in [4.69, 9.17) is 0 Å². The molecule has 1 aromatic carbocycles. The van der Waals surface area contributed by atoms with Crippen LogP contribution in [-0.4, -0.2) is 30.0 Å². The molecular formula is C17H18N2O3S. The first-order valence-corrected chi connectivity index (χ1v) is 8.97. The maximum atomic E-state index is 12.9. The van der Waals surface area contributed by atoms with E-state index in [1.165, 1.54) is 19.1 Å². The van der Waals surface area contributed by atoms with Crippen molar-refractivity contribution in [3.05, 3.63) is 59.9 Å². The van der Waals surface area contributed by atoms with Gasteiger partial charge in [-0.25, -0.2) is 8.42 Å². The molecule has 1 saturated heterocycles. The Kier molecular flexibility index (Phi) is 4.28. The van der Waals surface area contributed by atoms with Gasteiger partial charge in [0.15, 0.2) is 5.78 Å². The van der Waals surface area contributed by atoms with Crippen LogP contribution in [0.1, 0.15) is 41.7 Å². The minimum atomic E-state index is -3.58. The SMILES string of the molecule is CC(=O)c1ccc(S(=O)(=O)N2CCCC2c2ccncc2)cc1. The summed E-state index contributed by atoms with van der Waals surface area (Å²) in [7, 11) is -3.58. The normalized spacial score (nSPS) is 18.9. The van der Waals surface area contributed by atoms with Gasteiger partial charge in [0.25, 0.3) is 0 Å². The number of rotatable bonds is 4. The molecule has 0 bridgehead atoms. The summed E-state index contributed by atoms with van der Waals surface area (Å²) in [5, 5.41) is 0. The molecule has 0 aliphatic carbocycles. The highest BCUT2D eigenvalue weighted by atomic mass is 32.2.